The summed E-state index contributed by atoms with van der Waals surface area (Å²) < 4.78 is 10.7. The fourth-order valence-corrected chi connectivity index (χ4v) is 1.33. The van der Waals surface area contributed by atoms with Crippen molar-refractivity contribution in [2.75, 3.05) is 26.8 Å². The summed E-state index contributed by atoms with van der Waals surface area (Å²) in [5.41, 5.74) is 1.22. The maximum atomic E-state index is 5.60. The summed E-state index contributed by atoms with van der Waals surface area (Å²) in [6.45, 7) is 6.47. The summed E-state index contributed by atoms with van der Waals surface area (Å²) in [6, 6.07) is 8.08. The Hall–Kier alpha value is -1.06. The van der Waals surface area contributed by atoms with Crippen LogP contribution in [0.1, 0.15) is 12.5 Å². The zero-order valence-electron chi connectivity index (χ0n) is 10.3. The van der Waals surface area contributed by atoms with Gasteiger partial charge in [-0.15, -0.1) is 0 Å². The summed E-state index contributed by atoms with van der Waals surface area (Å²) in [5.74, 6) is 0.932. The van der Waals surface area contributed by atoms with Gasteiger partial charge in [0.2, 0.25) is 0 Å². The van der Waals surface area contributed by atoms with Crippen molar-refractivity contribution in [3.8, 4) is 5.75 Å². The molecule has 1 unspecified atom stereocenters. The molecule has 1 aromatic rings. The van der Waals surface area contributed by atoms with Gasteiger partial charge in [-0.25, -0.2) is 0 Å². The van der Waals surface area contributed by atoms with Crippen molar-refractivity contribution in [1.29, 1.82) is 0 Å². The Morgan fingerprint density at radius 2 is 2.19 bits per heavy atom. The Bertz CT molecular complexity index is 302. The van der Waals surface area contributed by atoms with E-state index in [1.807, 2.05) is 25.1 Å². The molecule has 1 N–H and O–H groups in total. The normalized spacial score (nSPS) is 12.4. The highest BCUT2D eigenvalue weighted by molar-refractivity contribution is 5.27. The second-order valence-corrected chi connectivity index (χ2v) is 3.92. The van der Waals surface area contributed by atoms with Crippen molar-refractivity contribution in [2.24, 2.45) is 0 Å². The minimum absolute atomic E-state index is 0.249. The van der Waals surface area contributed by atoms with Crippen molar-refractivity contribution in [3.05, 3.63) is 29.8 Å². The van der Waals surface area contributed by atoms with Gasteiger partial charge in [-0.05, 0) is 31.5 Å². The molecule has 3 nitrogen and oxygen atoms in total. The monoisotopic (exact) mass is 223 g/mol. The van der Waals surface area contributed by atoms with E-state index in [-0.39, 0.29) is 6.10 Å². The van der Waals surface area contributed by atoms with Crippen LogP contribution < -0.4 is 10.1 Å². The molecule has 1 atom stereocenters. The first-order valence-corrected chi connectivity index (χ1v) is 5.65. The number of hydrogen-bond donors (Lipinski definition) is 1. The second kappa shape index (κ2) is 7.25. The minimum Gasteiger partial charge on any atom is -0.492 e. The number of hydrogen-bond acceptors (Lipinski definition) is 3. The molecule has 0 spiro atoms. The van der Waals surface area contributed by atoms with Crippen LogP contribution in [0.2, 0.25) is 0 Å². The largest absolute Gasteiger partial charge is 0.492 e. The summed E-state index contributed by atoms with van der Waals surface area (Å²) in [4.78, 5) is 0. The Morgan fingerprint density at radius 3 is 2.88 bits per heavy atom. The van der Waals surface area contributed by atoms with Gasteiger partial charge in [0.25, 0.3) is 0 Å². The highest BCUT2D eigenvalue weighted by Crippen LogP contribution is 2.11. The average Bonchev–Trinajstić information content (AvgIpc) is 2.28. The second-order valence-electron chi connectivity index (χ2n) is 3.92. The van der Waals surface area contributed by atoms with E-state index >= 15 is 0 Å². The zero-order valence-corrected chi connectivity index (χ0v) is 10.3. The van der Waals surface area contributed by atoms with Gasteiger partial charge >= 0.3 is 0 Å². The SMILES string of the molecule is COC(C)CNCCOc1cccc(C)c1. The third-order valence-corrected chi connectivity index (χ3v) is 2.37. The van der Waals surface area contributed by atoms with E-state index in [1.54, 1.807) is 7.11 Å². The summed E-state index contributed by atoms with van der Waals surface area (Å²) in [7, 11) is 1.72. The molecule has 1 aromatic carbocycles. The Morgan fingerprint density at radius 1 is 1.38 bits per heavy atom. The molecule has 3 heteroatoms. The third kappa shape index (κ3) is 5.14. The first-order chi connectivity index (χ1) is 7.72. The van der Waals surface area contributed by atoms with Gasteiger partial charge in [0.05, 0.1) is 6.10 Å². The van der Waals surface area contributed by atoms with Crippen LogP contribution in [0.4, 0.5) is 0 Å². The highest BCUT2D eigenvalue weighted by atomic mass is 16.5. The van der Waals surface area contributed by atoms with E-state index in [2.05, 4.69) is 18.3 Å². The lowest BCUT2D eigenvalue weighted by atomic mass is 10.2. The van der Waals surface area contributed by atoms with Crippen LogP contribution in [-0.4, -0.2) is 32.9 Å². The number of nitrogens with one attached hydrogen (secondary N) is 1. The molecule has 1 rings (SSSR count). The Kier molecular flexibility index (Phi) is 5.90. The summed E-state index contributed by atoms with van der Waals surface area (Å²) >= 11 is 0. The van der Waals surface area contributed by atoms with E-state index in [9.17, 15) is 0 Å². The van der Waals surface area contributed by atoms with Crippen LogP contribution in [-0.2, 0) is 4.74 Å². The molecular formula is C13H21NO2. The van der Waals surface area contributed by atoms with Crippen LogP contribution in [0.15, 0.2) is 24.3 Å². The van der Waals surface area contributed by atoms with E-state index in [0.29, 0.717) is 6.61 Å². The average molecular weight is 223 g/mol. The lowest BCUT2D eigenvalue weighted by molar-refractivity contribution is 0.116. The topological polar surface area (TPSA) is 30.5 Å². The maximum Gasteiger partial charge on any atom is 0.119 e. The van der Waals surface area contributed by atoms with Crippen molar-refractivity contribution >= 4 is 0 Å². The fourth-order valence-electron chi connectivity index (χ4n) is 1.33. The molecule has 0 aliphatic heterocycles. The molecule has 0 fully saturated rings. The molecule has 0 heterocycles. The molecule has 0 saturated carbocycles. The molecule has 0 bridgehead atoms. The lowest BCUT2D eigenvalue weighted by Crippen LogP contribution is -2.29. The predicted molar refractivity (Wildman–Crippen MR) is 66.0 cm³/mol. The molecule has 0 saturated heterocycles. The number of methoxy groups -OCH3 is 1. The Balaban J connectivity index is 2.12. The quantitative estimate of drug-likeness (QED) is 0.717. The van der Waals surface area contributed by atoms with Crippen LogP contribution in [0.3, 0.4) is 0 Å². The molecule has 0 aliphatic carbocycles. The maximum absolute atomic E-state index is 5.60. The first kappa shape index (κ1) is 13.0. The van der Waals surface area contributed by atoms with Gasteiger partial charge in [-0.3, -0.25) is 0 Å². The third-order valence-electron chi connectivity index (χ3n) is 2.37. The lowest BCUT2D eigenvalue weighted by Gasteiger charge is -2.11. The highest BCUT2D eigenvalue weighted by Gasteiger charge is 1.98. The van der Waals surface area contributed by atoms with Crippen LogP contribution in [0.25, 0.3) is 0 Å². The van der Waals surface area contributed by atoms with Gasteiger partial charge in [0, 0.05) is 20.2 Å². The molecule has 0 amide bonds. The molecule has 0 aliphatic rings. The van der Waals surface area contributed by atoms with Crippen molar-refractivity contribution in [2.45, 2.75) is 20.0 Å². The van der Waals surface area contributed by atoms with Crippen LogP contribution >= 0.6 is 0 Å². The zero-order chi connectivity index (χ0) is 11.8. The molecule has 0 aromatic heterocycles. The van der Waals surface area contributed by atoms with E-state index in [0.717, 1.165) is 18.8 Å². The van der Waals surface area contributed by atoms with Gasteiger partial charge in [0.15, 0.2) is 0 Å². The van der Waals surface area contributed by atoms with Crippen molar-refractivity contribution < 1.29 is 9.47 Å². The Labute approximate surface area is 97.8 Å². The first-order valence-electron chi connectivity index (χ1n) is 5.65. The predicted octanol–water partition coefficient (Wildman–Crippen LogP) is 2.00. The van der Waals surface area contributed by atoms with Crippen LogP contribution in [0.5, 0.6) is 5.75 Å². The molecular weight excluding hydrogens is 202 g/mol. The van der Waals surface area contributed by atoms with Gasteiger partial charge in [0.1, 0.15) is 12.4 Å². The van der Waals surface area contributed by atoms with E-state index in [1.165, 1.54) is 5.56 Å². The van der Waals surface area contributed by atoms with E-state index in [4.69, 9.17) is 9.47 Å². The smallest absolute Gasteiger partial charge is 0.119 e. The number of rotatable bonds is 7. The number of ether oxygens (including phenoxy) is 2. The van der Waals surface area contributed by atoms with Crippen molar-refractivity contribution in [1.82, 2.24) is 5.32 Å². The van der Waals surface area contributed by atoms with Gasteiger partial charge in [-0.1, -0.05) is 12.1 Å². The number of benzene rings is 1. The molecule has 16 heavy (non-hydrogen) atoms. The van der Waals surface area contributed by atoms with E-state index < -0.39 is 0 Å². The standard InChI is InChI=1S/C13H21NO2/c1-11-5-4-6-13(9-11)16-8-7-14-10-12(2)15-3/h4-6,9,12,14H,7-8,10H2,1-3H3. The summed E-state index contributed by atoms with van der Waals surface area (Å²) in [5, 5.41) is 3.27. The minimum atomic E-state index is 0.249. The number of aryl methyl sites for hydroxylation is 1. The van der Waals surface area contributed by atoms with Crippen LogP contribution in [0, 0.1) is 6.92 Å². The molecule has 90 valence electrons. The van der Waals surface area contributed by atoms with Crippen molar-refractivity contribution in [3.63, 3.8) is 0 Å². The fraction of sp³-hybridized carbons (Fsp3) is 0.538. The molecule has 0 radical (unpaired) electrons. The van der Waals surface area contributed by atoms with Gasteiger partial charge in [-0.2, -0.15) is 0 Å². The van der Waals surface area contributed by atoms with Gasteiger partial charge < -0.3 is 14.8 Å². The summed E-state index contributed by atoms with van der Waals surface area (Å²) in [6.07, 6.45) is 0.249.